The van der Waals surface area contributed by atoms with Crippen molar-refractivity contribution in [2.45, 2.75) is 31.7 Å². The summed E-state index contributed by atoms with van der Waals surface area (Å²) < 4.78 is 5.34. The van der Waals surface area contributed by atoms with Crippen molar-refractivity contribution < 1.29 is 4.74 Å². The molecule has 0 amide bonds. The van der Waals surface area contributed by atoms with E-state index in [1.807, 2.05) is 24.5 Å². The van der Waals surface area contributed by atoms with Gasteiger partial charge in [-0.15, -0.1) is 0 Å². The zero-order chi connectivity index (χ0) is 19.2. The summed E-state index contributed by atoms with van der Waals surface area (Å²) >= 11 is 0. The smallest absolute Gasteiger partial charge is 0.119 e. The van der Waals surface area contributed by atoms with E-state index in [1.165, 1.54) is 29.7 Å². The molecule has 0 unspecified atom stereocenters. The molecule has 1 aliphatic heterocycles. The molecule has 1 aromatic carbocycles. The van der Waals surface area contributed by atoms with E-state index in [4.69, 9.17) is 9.72 Å². The van der Waals surface area contributed by atoms with Gasteiger partial charge < -0.3 is 4.74 Å². The Morgan fingerprint density at radius 3 is 2.75 bits per heavy atom. The summed E-state index contributed by atoms with van der Waals surface area (Å²) in [5.74, 6) is 1.40. The van der Waals surface area contributed by atoms with Crippen LogP contribution in [-0.2, 0) is 13.0 Å². The van der Waals surface area contributed by atoms with Gasteiger partial charge in [-0.25, -0.2) is 0 Å². The molecule has 1 fully saturated rings. The van der Waals surface area contributed by atoms with Gasteiger partial charge in [-0.05, 0) is 66.9 Å². The van der Waals surface area contributed by atoms with Gasteiger partial charge in [0.2, 0.25) is 0 Å². The average Bonchev–Trinajstić information content (AvgIpc) is 2.75. The van der Waals surface area contributed by atoms with Crippen LogP contribution in [0.15, 0.2) is 67.0 Å². The van der Waals surface area contributed by atoms with Gasteiger partial charge in [0.25, 0.3) is 0 Å². The van der Waals surface area contributed by atoms with E-state index in [-0.39, 0.29) is 0 Å². The molecule has 4 nitrogen and oxygen atoms in total. The minimum Gasteiger partial charge on any atom is -0.497 e. The number of methoxy groups -OCH3 is 1. The maximum absolute atomic E-state index is 5.34. The third kappa shape index (κ3) is 4.76. The van der Waals surface area contributed by atoms with Gasteiger partial charge in [0.1, 0.15) is 5.75 Å². The van der Waals surface area contributed by atoms with Gasteiger partial charge in [-0.3, -0.25) is 14.9 Å². The van der Waals surface area contributed by atoms with Crippen molar-refractivity contribution in [1.29, 1.82) is 0 Å². The van der Waals surface area contributed by atoms with E-state index in [2.05, 4.69) is 52.3 Å². The van der Waals surface area contributed by atoms with Crippen molar-refractivity contribution in [2.75, 3.05) is 20.2 Å². The molecule has 4 heteroatoms. The van der Waals surface area contributed by atoms with Crippen molar-refractivity contribution in [3.05, 3.63) is 89.5 Å². The predicted molar refractivity (Wildman–Crippen MR) is 112 cm³/mol. The van der Waals surface area contributed by atoms with Crippen LogP contribution in [0, 0.1) is 0 Å². The highest BCUT2D eigenvalue weighted by molar-refractivity contribution is 5.31. The molecule has 1 aliphatic rings. The molecule has 0 radical (unpaired) electrons. The lowest BCUT2D eigenvalue weighted by atomic mass is 9.93. The van der Waals surface area contributed by atoms with Crippen LogP contribution < -0.4 is 4.74 Å². The first-order valence-electron chi connectivity index (χ1n) is 10.00. The fourth-order valence-electron chi connectivity index (χ4n) is 4.00. The van der Waals surface area contributed by atoms with Crippen molar-refractivity contribution in [2.24, 2.45) is 0 Å². The molecule has 0 aliphatic carbocycles. The van der Waals surface area contributed by atoms with Crippen molar-refractivity contribution in [3.63, 3.8) is 0 Å². The van der Waals surface area contributed by atoms with Crippen molar-refractivity contribution >= 4 is 0 Å². The lowest BCUT2D eigenvalue weighted by Gasteiger charge is -2.32. The third-order valence-corrected chi connectivity index (χ3v) is 5.43. The first-order valence-corrected chi connectivity index (χ1v) is 10.00. The Labute approximate surface area is 167 Å². The second-order valence-corrected chi connectivity index (χ2v) is 7.51. The maximum atomic E-state index is 5.34. The number of rotatable bonds is 6. The zero-order valence-corrected chi connectivity index (χ0v) is 16.4. The Hall–Kier alpha value is -2.72. The molecule has 4 rings (SSSR count). The van der Waals surface area contributed by atoms with Crippen molar-refractivity contribution in [1.82, 2.24) is 14.9 Å². The van der Waals surface area contributed by atoms with E-state index in [0.717, 1.165) is 37.5 Å². The zero-order valence-electron chi connectivity index (χ0n) is 16.4. The standard InChI is InChI=1S/C24H27N3O/c1-28-23-8-2-5-20(16-23)15-22-7-3-9-24(26-22)21-6-4-14-27(18-21)17-19-10-12-25-13-11-19/h2-3,5,7-13,16,21H,4,6,14-15,17-18H2,1H3/t21-/m0/s1. The summed E-state index contributed by atoms with van der Waals surface area (Å²) in [5.41, 5.74) is 4.90. The van der Waals surface area contributed by atoms with E-state index in [0.29, 0.717) is 5.92 Å². The van der Waals surface area contributed by atoms with Crippen LogP contribution in [-0.4, -0.2) is 35.1 Å². The van der Waals surface area contributed by atoms with Crippen LogP contribution in [0.4, 0.5) is 0 Å². The average molecular weight is 374 g/mol. The Morgan fingerprint density at radius 1 is 1.04 bits per heavy atom. The summed E-state index contributed by atoms with van der Waals surface area (Å²) in [6, 6.07) is 18.9. The van der Waals surface area contributed by atoms with Gasteiger partial charge in [0.05, 0.1) is 7.11 Å². The SMILES string of the molecule is COc1cccc(Cc2cccc([C@H]3CCCN(Cc4ccncc4)C3)n2)c1. The van der Waals surface area contributed by atoms with E-state index >= 15 is 0 Å². The molecule has 2 aromatic heterocycles. The molecule has 0 saturated carbocycles. The molecule has 0 N–H and O–H groups in total. The second kappa shape index (κ2) is 8.98. The van der Waals surface area contributed by atoms with Gasteiger partial charge in [0, 0.05) is 49.2 Å². The predicted octanol–water partition coefficient (Wildman–Crippen LogP) is 4.46. The molecule has 0 spiro atoms. The number of pyridine rings is 2. The lowest BCUT2D eigenvalue weighted by Crippen LogP contribution is -2.34. The van der Waals surface area contributed by atoms with Crippen molar-refractivity contribution in [3.8, 4) is 5.75 Å². The summed E-state index contributed by atoms with van der Waals surface area (Å²) in [5, 5.41) is 0. The van der Waals surface area contributed by atoms with E-state index < -0.39 is 0 Å². The fraction of sp³-hybridized carbons (Fsp3) is 0.333. The van der Waals surface area contributed by atoms with Crippen LogP contribution in [0.1, 0.15) is 41.3 Å². The molecule has 1 saturated heterocycles. The first-order chi connectivity index (χ1) is 13.8. The van der Waals surface area contributed by atoms with E-state index in [1.54, 1.807) is 7.11 Å². The lowest BCUT2D eigenvalue weighted by molar-refractivity contribution is 0.198. The fourth-order valence-corrected chi connectivity index (χ4v) is 4.00. The first kappa shape index (κ1) is 18.6. The Kier molecular flexibility index (Phi) is 5.98. The van der Waals surface area contributed by atoms with Crippen LogP contribution in [0.3, 0.4) is 0 Å². The van der Waals surface area contributed by atoms with Gasteiger partial charge in [0.15, 0.2) is 0 Å². The summed E-state index contributed by atoms with van der Waals surface area (Å²) in [4.78, 5) is 11.7. The molecule has 28 heavy (non-hydrogen) atoms. The summed E-state index contributed by atoms with van der Waals surface area (Å²) in [6.45, 7) is 3.21. The summed E-state index contributed by atoms with van der Waals surface area (Å²) in [7, 11) is 1.71. The number of ether oxygens (including phenoxy) is 1. The number of piperidine rings is 1. The third-order valence-electron chi connectivity index (χ3n) is 5.43. The van der Waals surface area contributed by atoms with Crippen LogP contribution in [0.2, 0.25) is 0 Å². The van der Waals surface area contributed by atoms with Crippen LogP contribution >= 0.6 is 0 Å². The highest BCUT2D eigenvalue weighted by Crippen LogP contribution is 2.27. The minimum absolute atomic E-state index is 0.501. The highest BCUT2D eigenvalue weighted by atomic mass is 16.5. The number of likely N-dealkylation sites (tertiary alicyclic amines) is 1. The number of hydrogen-bond donors (Lipinski definition) is 0. The Morgan fingerprint density at radius 2 is 1.89 bits per heavy atom. The van der Waals surface area contributed by atoms with Crippen LogP contribution in [0.25, 0.3) is 0 Å². The van der Waals surface area contributed by atoms with E-state index in [9.17, 15) is 0 Å². The largest absolute Gasteiger partial charge is 0.497 e. The number of aromatic nitrogens is 2. The Balaban J connectivity index is 1.44. The van der Waals surface area contributed by atoms with Gasteiger partial charge in [-0.1, -0.05) is 18.2 Å². The topological polar surface area (TPSA) is 38.2 Å². The molecular formula is C24H27N3O. The number of benzene rings is 1. The van der Waals surface area contributed by atoms with Gasteiger partial charge in [-0.2, -0.15) is 0 Å². The molecule has 1 atom stereocenters. The normalized spacial score (nSPS) is 17.4. The molecule has 0 bridgehead atoms. The summed E-state index contributed by atoms with van der Waals surface area (Å²) in [6.07, 6.45) is 7.01. The molecule has 144 valence electrons. The van der Waals surface area contributed by atoms with Crippen LogP contribution in [0.5, 0.6) is 5.75 Å². The highest BCUT2D eigenvalue weighted by Gasteiger charge is 2.22. The molecular weight excluding hydrogens is 346 g/mol. The number of nitrogens with zero attached hydrogens (tertiary/aromatic N) is 3. The molecule has 3 heterocycles. The quantitative estimate of drug-likeness (QED) is 0.640. The molecule has 3 aromatic rings. The number of hydrogen-bond acceptors (Lipinski definition) is 4. The van der Waals surface area contributed by atoms with Gasteiger partial charge >= 0.3 is 0 Å². The maximum Gasteiger partial charge on any atom is 0.119 e. The minimum atomic E-state index is 0.501. The Bertz CT molecular complexity index is 897. The monoisotopic (exact) mass is 373 g/mol. The second-order valence-electron chi connectivity index (χ2n) is 7.51.